The minimum absolute atomic E-state index is 0.264. The van der Waals surface area contributed by atoms with Crippen LogP contribution in [0.25, 0.3) is 10.4 Å². The van der Waals surface area contributed by atoms with E-state index in [-0.39, 0.29) is 16.4 Å². The van der Waals surface area contributed by atoms with E-state index in [0.717, 1.165) is 10.4 Å². The quantitative estimate of drug-likeness (QED) is 0.354. The zero-order chi connectivity index (χ0) is 25.5. The molecule has 3 aromatic rings. The fourth-order valence-electron chi connectivity index (χ4n) is 3.28. The van der Waals surface area contributed by atoms with Crippen molar-refractivity contribution in [3.63, 3.8) is 0 Å². The molecule has 0 unspecified atom stereocenters. The second-order valence-electron chi connectivity index (χ2n) is 8.00. The number of hydrogen-bond acceptors (Lipinski definition) is 7. The van der Waals surface area contributed by atoms with E-state index in [1.54, 1.807) is 38.1 Å². The maximum atomic E-state index is 12.8. The molecule has 0 aliphatic heterocycles. The lowest BCUT2D eigenvalue weighted by Gasteiger charge is -2.22. The second kappa shape index (κ2) is 11.4. The van der Waals surface area contributed by atoms with Gasteiger partial charge in [0, 0.05) is 16.5 Å². The molecule has 0 aliphatic carbocycles. The van der Waals surface area contributed by atoms with Gasteiger partial charge < -0.3 is 20.5 Å². The molecule has 35 heavy (non-hydrogen) atoms. The van der Waals surface area contributed by atoms with Gasteiger partial charge in [-0.15, -0.1) is 11.3 Å². The number of carbonyl (C=O) groups excluding carboxylic acids is 3. The van der Waals surface area contributed by atoms with Crippen molar-refractivity contribution < 1.29 is 23.9 Å². The van der Waals surface area contributed by atoms with Gasteiger partial charge in [-0.25, -0.2) is 0 Å². The number of anilines is 1. The second-order valence-corrected chi connectivity index (χ2v) is 9.05. The van der Waals surface area contributed by atoms with Crippen LogP contribution in [0.1, 0.15) is 33.9 Å². The molecule has 2 aromatic carbocycles. The number of rotatable bonds is 8. The summed E-state index contributed by atoms with van der Waals surface area (Å²) in [5.41, 5.74) is 12.3. The molecule has 9 nitrogen and oxygen atoms in total. The number of carbonyl (C=O) groups is 3. The molecule has 0 bridgehead atoms. The standard InChI is InChI=1S/C25H28N4O5S/c1-14(2)21(27-23(30)16-10-17(33-3)12-18(11-16)34-4)24(31)28-29-25(32)22-19(26)13-20(35-22)15-8-6-5-7-9-15/h5-14,21H,26H2,1-4H3,(H,27,30)(H,28,31)(H,29,32)/t21-/m0/s1. The van der Waals surface area contributed by atoms with E-state index >= 15 is 0 Å². The van der Waals surface area contributed by atoms with Crippen molar-refractivity contribution in [1.82, 2.24) is 16.2 Å². The number of nitrogens with two attached hydrogens (primary N) is 1. The van der Waals surface area contributed by atoms with Gasteiger partial charge in [-0.1, -0.05) is 44.2 Å². The normalized spacial score (nSPS) is 11.5. The molecule has 10 heteroatoms. The fraction of sp³-hybridized carbons (Fsp3) is 0.240. The first-order valence-corrected chi connectivity index (χ1v) is 11.6. The van der Waals surface area contributed by atoms with Gasteiger partial charge in [-0.2, -0.15) is 0 Å². The van der Waals surface area contributed by atoms with Gasteiger partial charge in [-0.3, -0.25) is 25.2 Å². The minimum Gasteiger partial charge on any atom is -0.497 e. The van der Waals surface area contributed by atoms with E-state index in [1.807, 2.05) is 30.3 Å². The molecule has 1 aromatic heterocycles. The maximum absolute atomic E-state index is 12.8. The Kier molecular flexibility index (Phi) is 8.32. The van der Waals surface area contributed by atoms with Gasteiger partial charge in [0.2, 0.25) is 0 Å². The molecule has 3 amide bonds. The Morgan fingerprint density at radius 1 is 0.886 bits per heavy atom. The van der Waals surface area contributed by atoms with E-state index < -0.39 is 23.8 Å². The minimum atomic E-state index is -0.916. The van der Waals surface area contributed by atoms with Crippen molar-refractivity contribution in [3.05, 3.63) is 65.0 Å². The number of methoxy groups -OCH3 is 2. The highest BCUT2D eigenvalue weighted by Crippen LogP contribution is 2.33. The molecule has 0 spiro atoms. The third-order valence-corrected chi connectivity index (χ3v) is 6.37. The zero-order valence-corrected chi connectivity index (χ0v) is 20.7. The van der Waals surface area contributed by atoms with E-state index in [0.29, 0.717) is 17.2 Å². The van der Waals surface area contributed by atoms with Crippen LogP contribution in [0.4, 0.5) is 5.69 Å². The Bertz CT molecular complexity index is 1190. The summed E-state index contributed by atoms with van der Waals surface area (Å²) in [6, 6.07) is 15.1. The van der Waals surface area contributed by atoms with Gasteiger partial charge >= 0.3 is 0 Å². The number of amides is 3. The summed E-state index contributed by atoms with van der Waals surface area (Å²) >= 11 is 1.22. The molecule has 3 rings (SSSR count). The first kappa shape index (κ1) is 25.6. The lowest BCUT2D eigenvalue weighted by Crippen LogP contribution is -2.54. The largest absolute Gasteiger partial charge is 0.497 e. The van der Waals surface area contributed by atoms with Crippen LogP contribution in [-0.4, -0.2) is 38.0 Å². The highest BCUT2D eigenvalue weighted by atomic mass is 32.1. The monoisotopic (exact) mass is 496 g/mol. The average molecular weight is 497 g/mol. The lowest BCUT2D eigenvalue weighted by molar-refractivity contribution is -0.124. The Labute approximate surface area is 207 Å². The topological polar surface area (TPSA) is 132 Å². The number of nitrogen functional groups attached to an aromatic ring is 1. The molecule has 5 N–H and O–H groups in total. The number of thiophene rings is 1. The summed E-state index contributed by atoms with van der Waals surface area (Å²) in [7, 11) is 2.96. The average Bonchev–Trinajstić information content (AvgIpc) is 3.27. The van der Waals surface area contributed by atoms with Crippen LogP contribution in [0.15, 0.2) is 54.6 Å². The van der Waals surface area contributed by atoms with Gasteiger partial charge in [0.1, 0.15) is 22.4 Å². The summed E-state index contributed by atoms with van der Waals surface area (Å²) in [5, 5.41) is 2.70. The van der Waals surface area contributed by atoms with Gasteiger partial charge in [-0.05, 0) is 29.7 Å². The summed E-state index contributed by atoms with van der Waals surface area (Å²) < 4.78 is 10.4. The lowest BCUT2D eigenvalue weighted by atomic mass is 10.0. The number of benzene rings is 2. The molecule has 0 saturated heterocycles. The predicted octanol–water partition coefficient (Wildman–Crippen LogP) is 3.23. The molecule has 184 valence electrons. The van der Waals surface area contributed by atoms with Crippen molar-refractivity contribution in [3.8, 4) is 21.9 Å². The van der Waals surface area contributed by atoms with Crippen LogP contribution in [0.5, 0.6) is 11.5 Å². The van der Waals surface area contributed by atoms with E-state index in [4.69, 9.17) is 15.2 Å². The number of hydrogen-bond donors (Lipinski definition) is 4. The highest BCUT2D eigenvalue weighted by Gasteiger charge is 2.26. The third-order valence-electron chi connectivity index (χ3n) is 5.17. The maximum Gasteiger partial charge on any atom is 0.281 e. The molecule has 0 radical (unpaired) electrons. The Hall–Kier alpha value is -4.05. The van der Waals surface area contributed by atoms with E-state index in [2.05, 4.69) is 16.2 Å². The Morgan fingerprint density at radius 3 is 2.09 bits per heavy atom. The van der Waals surface area contributed by atoms with Gasteiger partial charge in [0.25, 0.3) is 17.7 Å². The number of ether oxygens (including phenoxy) is 2. The summed E-state index contributed by atoms with van der Waals surface area (Å²) in [6.45, 7) is 3.56. The van der Waals surface area contributed by atoms with Gasteiger partial charge in [0.05, 0.1) is 19.9 Å². The highest BCUT2D eigenvalue weighted by molar-refractivity contribution is 7.18. The first-order chi connectivity index (χ1) is 16.7. The zero-order valence-electron chi connectivity index (χ0n) is 19.9. The van der Waals surface area contributed by atoms with Crippen LogP contribution < -0.4 is 31.4 Å². The number of hydrazine groups is 1. The predicted molar refractivity (Wildman–Crippen MR) is 135 cm³/mol. The molecule has 0 fully saturated rings. The third kappa shape index (κ3) is 6.30. The van der Waals surface area contributed by atoms with Crippen LogP contribution >= 0.6 is 11.3 Å². The van der Waals surface area contributed by atoms with Crippen LogP contribution in [0.2, 0.25) is 0 Å². The van der Waals surface area contributed by atoms with Crippen LogP contribution in [0.3, 0.4) is 0 Å². The molecular weight excluding hydrogens is 468 g/mol. The van der Waals surface area contributed by atoms with Crippen molar-refractivity contribution >= 4 is 34.7 Å². The molecule has 1 heterocycles. The smallest absolute Gasteiger partial charge is 0.281 e. The van der Waals surface area contributed by atoms with Crippen molar-refractivity contribution in [2.45, 2.75) is 19.9 Å². The van der Waals surface area contributed by atoms with Crippen LogP contribution in [0, 0.1) is 5.92 Å². The molecular formula is C25H28N4O5S. The van der Waals surface area contributed by atoms with E-state index in [9.17, 15) is 14.4 Å². The summed E-state index contributed by atoms with van der Waals surface area (Å²) in [4.78, 5) is 39.5. The van der Waals surface area contributed by atoms with Crippen LogP contribution in [-0.2, 0) is 4.79 Å². The van der Waals surface area contributed by atoms with Crippen molar-refractivity contribution in [2.75, 3.05) is 20.0 Å². The Balaban J connectivity index is 1.67. The summed E-state index contributed by atoms with van der Waals surface area (Å²) in [5.74, 6) is -0.993. The first-order valence-electron chi connectivity index (χ1n) is 10.8. The summed E-state index contributed by atoms with van der Waals surface area (Å²) in [6.07, 6.45) is 0. The Morgan fingerprint density at radius 2 is 1.51 bits per heavy atom. The SMILES string of the molecule is COc1cc(OC)cc(C(=O)N[C@H](C(=O)NNC(=O)c2sc(-c3ccccc3)cc2N)C(C)C)c1. The molecule has 0 aliphatic rings. The van der Waals surface area contributed by atoms with E-state index in [1.165, 1.54) is 25.6 Å². The van der Waals surface area contributed by atoms with Crippen molar-refractivity contribution in [1.29, 1.82) is 0 Å². The van der Waals surface area contributed by atoms with Gasteiger partial charge in [0.15, 0.2) is 0 Å². The van der Waals surface area contributed by atoms with Crippen molar-refractivity contribution in [2.24, 2.45) is 5.92 Å². The molecule has 1 atom stereocenters. The fourth-order valence-corrected chi connectivity index (χ4v) is 4.26. The number of nitrogens with one attached hydrogen (secondary N) is 3. The molecule has 0 saturated carbocycles.